The van der Waals surface area contributed by atoms with E-state index in [2.05, 4.69) is 15.6 Å². The quantitative estimate of drug-likeness (QED) is 0.835. The van der Waals surface area contributed by atoms with Crippen LogP contribution in [-0.4, -0.2) is 33.8 Å². The molecule has 0 aliphatic carbocycles. The second-order valence-electron chi connectivity index (χ2n) is 4.24. The smallest absolute Gasteiger partial charge is 0.248 e. The minimum absolute atomic E-state index is 0.0915. The molecule has 0 bridgehead atoms. The van der Waals surface area contributed by atoms with Crippen molar-refractivity contribution in [2.45, 2.75) is 25.1 Å². The van der Waals surface area contributed by atoms with Gasteiger partial charge in [0.05, 0.1) is 5.25 Å². The second kappa shape index (κ2) is 5.39. The van der Waals surface area contributed by atoms with Gasteiger partial charge in [0, 0.05) is 11.9 Å². The van der Waals surface area contributed by atoms with Crippen LogP contribution in [0.2, 0.25) is 0 Å². The number of nitrogens with zero attached hydrogens (tertiary/aromatic N) is 1. The second-order valence-corrected chi connectivity index (χ2v) is 5.62. The summed E-state index contributed by atoms with van der Waals surface area (Å²) in [5, 5.41) is 5.32. The zero-order valence-electron chi connectivity index (χ0n) is 10.3. The predicted octanol–water partition coefficient (Wildman–Crippen LogP) is 0.949. The summed E-state index contributed by atoms with van der Waals surface area (Å²) < 4.78 is 0. The van der Waals surface area contributed by atoms with Crippen LogP contribution >= 0.6 is 11.8 Å². The molecule has 1 aliphatic heterocycles. The molecule has 2 heterocycles. The highest BCUT2D eigenvalue weighted by Crippen LogP contribution is 2.18. The lowest BCUT2D eigenvalue weighted by Gasteiger charge is -2.25. The van der Waals surface area contributed by atoms with Crippen molar-refractivity contribution < 1.29 is 9.59 Å². The fraction of sp³-hybridized carbons (Fsp3) is 0.417. The van der Waals surface area contributed by atoms with E-state index in [1.165, 1.54) is 11.8 Å². The number of hydrogen-bond donors (Lipinski definition) is 2. The number of anilines is 1. The van der Waals surface area contributed by atoms with Gasteiger partial charge in [-0.2, -0.15) is 0 Å². The van der Waals surface area contributed by atoms with Crippen molar-refractivity contribution >= 4 is 29.4 Å². The topological polar surface area (TPSA) is 71.1 Å². The van der Waals surface area contributed by atoms with Gasteiger partial charge in [0.2, 0.25) is 11.8 Å². The number of aromatic nitrogens is 1. The van der Waals surface area contributed by atoms with Crippen molar-refractivity contribution in [3.05, 3.63) is 23.9 Å². The number of aryl methyl sites for hydroxylation is 1. The Morgan fingerprint density at radius 2 is 2.39 bits per heavy atom. The summed E-state index contributed by atoms with van der Waals surface area (Å²) in [5.41, 5.74) is 1.02. The molecular weight excluding hydrogens is 250 g/mol. The number of amides is 2. The molecule has 2 amide bonds. The molecule has 0 radical (unpaired) electrons. The Labute approximate surface area is 110 Å². The van der Waals surface area contributed by atoms with E-state index in [0.29, 0.717) is 11.6 Å². The lowest BCUT2D eigenvalue weighted by atomic mass is 10.2. The molecule has 2 atom stereocenters. The first-order chi connectivity index (χ1) is 8.56. The molecule has 2 N–H and O–H groups in total. The molecule has 5 nitrogen and oxygen atoms in total. The molecule has 1 aromatic heterocycles. The molecule has 0 spiro atoms. The number of nitrogens with one attached hydrogen (secondary N) is 2. The van der Waals surface area contributed by atoms with Gasteiger partial charge in [-0.3, -0.25) is 9.59 Å². The standard InChI is InChI=1S/C12H15N3O2S/c1-7-3-4-13-10(5-7)15-12(17)9-6-18-8(2)11(16)14-9/h3-5,8-9H,6H2,1-2H3,(H,14,16)(H,13,15,17)/t8-,9-/m0/s1. The van der Waals surface area contributed by atoms with E-state index in [-0.39, 0.29) is 17.1 Å². The third-order valence-corrected chi connectivity index (χ3v) is 3.92. The van der Waals surface area contributed by atoms with Crippen LogP contribution < -0.4 is 10.6 Å². The maximum Gasteiger partial charge on any atom is 0.248 e. The maximum absolute atomic E-state index is 12.0. The van der Waals surface area contributed by atoms with Crippen molar-refractivity contribution in [2.24, 2.45) is 0 Å². The molecule has 1 aromatic rings. The number of rotatable bonds is 2. The van der Waals surface area contributed by atoms with E-state index in [1.807, 2.05) is 19.9 Å². The number of pyridine rings is 1. The molecule has 0 aromatic carbocycles. The molecule has 0 saturated carbocycles. The Kier molecular flexibility index (Phi) is 3.86. The van der Waals surface area contributed by atoms with Gasteiger partial charge in [-0.05, 0) is 31.5 Å². The van der Waals surface area contributed by atoms with Gasteiger partial charge in [0.15, 0.2) is 0 Å². The van der Waals surface area contributed by atoms with Crippen LogP contribution in [-0.2, 0) is 9.59 Å². The maximum atomic E-state index is 12.0. The van der Waals surface area contributed by atoms with E-state index in [4.69, 9.17) is 0 Å². The minimum Gasteiger partial charge on any atom is -0.343 e. The first kappa shape index (κ1) is 12.9. The van der Waals surface area contributed by atoms with Gasteiger partial charge in [0.1, 0.15) is 11.9 Å². The Bertz CT molecular complexity index is 478. The van der Waals surface area contributed by atoms with Crippen molar-refractivity contribution in [3.8, 4) is 0 Å². The van der Waals surface area contributed by atoms with Crippen LogP contribution in [0.3, 0.4) is 0 Å². The molecule has 2 rings (SSSR count). The van der Waals surface area contributed by atoms with E-state index >= 15 is 0 Å². The summed E-state index contributed by atoms with van der Waals surface area (Å²) in [5.74, 6) is 0.784. The minimum atomic E-state index is -0.485. The summed E-state index contributed by atoms with van der Waals surface area (Å²) in [6.45, 7) is 3.76. The monoisotopic (exact) mass is 265 g/mol. The number of hydrogen-bond acceptors (Lipinski definition) is 4. The summed E-state index contributed by atoms with van der Waals surface area (Å²) in [7, 11) is 0. The zero-order chi connectivity index (χ0) is 13.1. The molecule has 6 heteroatoms. The van der Waals surface area contributed by atoms with Crippen LogP contribution in [0.25, 0.3) is 0 Å². The summed E-state index contributed by atoms with van der Waals surface area (Å²) in [6.07, 6.45) is 1.64. The van der Waals surface area contributed by atoms with Crippen molar-refractivity contribution in [3.63, 3.8) is 0 Å². The SMILES string of the molecule is Cc1ccnc(NC(=O)[C@@H]2CS[C@@H](C)C(=O)N2)c1. The van der Waals surface area contributed by atoms with Gasteiger partial charge in [0.25, 0.3) is 0 Å². The van der Waals surface area contributed by atoms with Crippen LogP contribution in [0.5, 0.6) is 0 Å². The van der Waals surface area contributed by atoms with Gasteiger partial charge < -0.3 is 10.6 Å². The van der Waals surface area contributed by atoms with E-state index in [1.54, 1.807) is 12.3 Å². The Morgan fingerprint density at radius 3 is 3.06 bits per heavy atom. The Hall–Kier alpha value is -1.56. The van der Waals surface area contributed by atoms with E-state index in [0.717, 1.165) is 5.56 Å². The Balaban J connectivity index is 1.98. The summed E-state index contributed by atoms with van der Waals surface area (Å²) in [6, 6.07) is 3.16. The fourth-order valence-electron chi connectivity index (χ4n) is 1.61. The molecule has 1 saturated heterocycles. The molecule has 1 aliphatic rings. The van der Waals surface area contributed by atoms with Crippen LogP contribution in [0.15, 0.2) is 18.3 Å². The normalized spacial score (nSPS) is 23.3. The van der Waals surface area contributed by atoms with Crippen LogP contribution in [0, 0.1) is 6.92 Å². The zero-order valence-corrected chi connectivity index (χ0v) is 11.1. The lowest BCUT2D eigenvalue weighted by molar-refractivity contribution is -0.125. The van der Waals surface area contributed by atoms with Gasteiger partial charge >= 0.3 is 0 Å². The van der Waals surface area contributed by atoms with Crippen LogP contribution in [0.4, 0.5) is 5.82 Å². The first-order valence-corrected chi connectivity index (χ1v) is 6.76. The average Bonchev–Trinajstić information content (AvgIpc) is 2.32. The lowest BCUT2D eigenvalue weighted by Crippen LogP contribution is -2.51. The van der Waals surface area contributed by atoms with E-state index in [9.17, 15) is 9.59 Å². The first-order valence-electron chi connectivity index (χ1n) is 5.72. The third kappa shape index (κ3) is 3.01. The molecule has 0 unspecified atom stereocenters. The van der Waals surface area contributed by atoms with Crippen LogP contribution in [0.1, 0.15) is 12.5 Å². The summed E-state index contributed by atoms with van der Waals surface area (Å²) in [4.78, 5) is 27.5. The largest absolute Gasteiger partial charge is 0.343 e. The fourth-order valence-corrected chi connectivity index (χ4v) is 2.54. The van der Waals surface area contributed by atoms with Crippen molar-refractivity contribution in [1.29, 1.82) is 0 Å². The van der Waals surface area contributed by atoms with Crippen molar-refractivity contribution in [1.82, 2.24) is 10.3 Å². The number of carbonyl (C=O) groups is 2. The van der Waals surface area contributed by atoms with E-state index < -0.39 is 6.04 Å². The van der Waals surface area contributed by atoms with Gasteiger partial charge in [-0.15, -0.1) is 11.8 Å². The summed E-state index contributed by atoms with van der Waals surface area (Å²) >= 11 is 1.48. The van der Waals surface area contributed by atoms with Gasteiger partial charge in [-0.25, -0.2) is 4.98 Å². The highest BCUT2D eigenvalue weighted by atomic mass is 32.2. The predicted molar refractivity (Wildman–Crippen MR) is 71.5 cm³/mol. The number of carbonyl (C=O) groups excluding carboxylic acids is 2. The highest BCUT2D eigenvalue weighted by Gasteiger charge is 2.29. The highest BCUT2D eigenvalue weighted by molar-refractivity contribution is 8.00. The molecule has 1 fully saturated rings. The average molecular weight is 265 g/mol. The molecule has 18 heavy (non-hydrogen) atoms. The molecular formula is C12H15N3O2S. The molecule has 96 valence electrons. The Morgan fingerprint density at radius 1 is 1.61 bits per heavy atom. The van der Waals surface area contributed by atoms with Gasteiger partial charge in [-0.1, -0.05) is 0 Å². The van der Waals surface area contributed by atoms with Crippen molar-refractivity contribution in [2.75, 3.05) is 11.1 Å². The number of thioether (sulfide) groups is 1. The third-order valence-electron chi connectivity index (χ3n) is 2.68.